The van der Waals surface area contributed by atoms with Crippen LogP contribution in [-0.4, -0.2) is 24.6 Å². The van der Waals surface area contributed by atoms with E-state index < -0.39 is 0 Å². The van der Waals surface area contributed by atoms with Crippen molar-refractivity contribution in [1.29, 1.82) is 0 Å². The summed E-state index contributed by atoms with van der Waals surface area (Å²) in [7, 11) is 0. The fraction of sp³-hybridized carbons (Fsp3) is 0.0588. The fourth-order valence-electron chi connectivity index (χ4n) is 2.28. The molecule has 0 amide bonds. The van der Waals surface area contributed by atoms with E-state index in [-0.39, 0.29) is 0 Å². The van der Waals surface area contributed by atoms with Crippen LogP contribution >= 0.6 is 11.8 Å². The van der Waals surface area contributed by atoms with Crippen LogP contribution in [0.15, 0.2) is 72.3 Å². The largest absolute Gasteiger partial charge is 0.307 e. The fourth-order valence-corrected chi connectivity index (χ4v) is 2.98. The highest BCUT2D eigenvalue weighted by Gasteiger charge is 2.04. The topological polar surface area (TPSA) is 56.0 Å². The van der Waals surface area contributed by atoms with Gasteiger partial charge in [-0.1, -0.05) is 17.8 Å². The molecule has 112 valence electrons. The van der Waals surface area contributed by atoms with E-state index in [0.29, 0.717) is 0 Å². The van der Waals surface area contributed by atoms with Gasteiger partial charge in [-0.05, 0) is 36.4 Å². The molecule has 0 N–H and O–H groups in total. The number of aromatic nitrogens is 5. The lowest BCUT2D eigenvalue weighted by Gasteiger charge is -2.01. The molecule has 0 bridgehead atoms. The van der Waals surface area contributed by atoms with Crippen LogP contribution in [0.1, 0.15) is 5.69 Å². The van der Waals surface area contributed by atoms with Crippen molar-refractivity contribution in [3.8, 4) is 11.3 Å². The van der Waals surface area contributed by atoms with Gasteiger partial charge < -0.3 is 4.40 Å². The molecule has 4 aromatic heterocycles. The summed E-state index contributed by atoms with van der Waals surface area (Å²) in [6, 6.07) is 13.8. The van der Waals surface area contributed by atoms with Crippen LogP contribution in [0, 0.1) is 0 Å². The van der Waals surface area contributed by atoms with Crippen molar-refractivity contribution in [3.63, 3.8) is 0 Å². The molecule has 4 rings (SSSR count). The van der Waals surface area contributed by atoms with Crippen LogP contribution in [0.2, 0.25) is 0 Å². The maximum Gasteiger partial charge on any atom is 0.137 e. The molecule has 0 unspecified atom stereocenters. The van der Waals surface area contributed by atoms with E-state index in [1.54, 1.807) is 24.2 Å². The van der Waals surface area contributed by atoms with Crippen LogP contribution < -0.4 is 0 Å². The SMILES string of the molecule is c1ccn2cc(CSc3ccc(-c4ccncc4)nn3)nc2c1. The Morgan fingerprint density at radius 1 is 0.957 bits per heavy atom. The third-order valence-electron chi connectivity index (χ3n) is 3.40. The monoisotopic (exact) mass is 319 g/mol. The Bertz CT molecular complexity index is 886. The summed E-state index contributed by atoms with van der Waals surface area (Å²) in [6.07, 6.45) is 7.55. The van der Waals surface area contributed by atoms with Gasteiger partial charge in [-0.2, -0.15) is 0 Å². The minimum Gasteiger partial charge on any atom is -0.307 e. The molecule has 4 aromatic rings. The van der Waals surface area contributed by atoms with Gasteiger partial charge in [0.25, 0.3) is 0 Å². The quantitative estimate of drug-likeness (QED) is 0.539. The molecule has 0 fully saturated rings. The lowest BCUT2D eigenvalue weighted by Crippen LogP contribution is -1.90. The van der Waals surface area contributed by atoms with Gasteiger partial charge >= 0.3 is 0 Å². The lowest BCUT2D eigenvalue weighted by molar-refractivity contribution is 0.934. The van der Waals surface area contributed by atoms with Crippen molar-refractivity contribution in [1.82, 2.24) is 24.6 Å². The van der Waals surface area contributed by atoms with Gasteiger partial charge in [-0.3, -0.25) is 4.98 Å². The van der Waals surface area contributed by atoms with Crippen LogP contribution in [0.4, 0.5) is 0 Å². The molecule has 5 nitrogen and oxygen atoms in total. The third kappa shape index (κ3) is 3.07. The van der Waals surface area contributed by atoms with Crippen molar-refractivity contribution in [2.24, 2.45) is 0 Å². The molecule has 0 spiro atoms. The number of hydrogen-bond donors (Lipinski definition) is 0. The van der Waals surface area contributed by atoms with E-state index in [9.17, 15) is 0 Å². The smallest absolute Gasteiger partial charge is 0.137 e. The van der Waals surface area contributed by atoms with Crippen molar-refractivity contribution < 1.29 is 0 Å². The summed E-state index contributed by atoms with van der Waals surface area (Å²) in [4.78, 5) is 8.59. The Morgan fingerprint density at radius 3 is 2.65 bits per heavy atom. The Hall–Kier alpha value is -2.73. The maximum absolute atomic E-state index is 4.58. The predicted octanol–water partition coefficient (Wildman–Crippen LogP) is 3.48. The van der Waals surface area contributed by atoms with Gasteiger partial charge in [0, 0.05) is 36.1 Å². The van der Waals surface area contributed by atoms with E-state index in [0.717, 1.165) is 33.4 Å². The van der Waals surface area contributed by atoms with Crippen molar-refractivity contribution in [2.45, 2.75) is 10.8 Å². The van der Waals surface area contributed by atoms with Gasteiger partial charge in [0.05, 0.1) is 11.4 Å². The summed E-state index contributed by atoms with van der Waals surface area (Å²) in [5.74, 6) is 0.769. The lowest BCUT2D eigenvalue weighted by atomic mass is 10.2. The molecule has 23 heavy (non-hydrogen) atoms. The molecule has 0 radical (unpaired) electrons. The van der Waals surface area contributed by atoms with Crippen molar-refractivity contribution in [2.75, 3.05) is 0 Å². The molecule has 0 saturated carbocycles. The molecule has 0 aliphatic rings. The van der Waals surface area contributed by atoms with E-state index in [1.807, 2.05) is 59.3 Å². The number of nitrogens with zero attached hydrogens (tertiary/aromatic N) is 5. The number of imidazole rings is 1. The second-order valence-electron chi connectivity index (χ2n) is 4.98. The van der Waals surface area contributed by atoms with Crippen LogP contribution in [0.3, 0.4) is 0 Å². The predicted molar refractivity (Wildman–Crippen MR) is 90.0 cm³/mol. The number of hydrogen-bond acceptors (Lipinski definition) is 5. The molecule has 4 heterocycles. The minimum atomic E-state index is 0.769. The zero-order valence-corrected chi connectivity index (χ0v) is 13.0. The summed E-state index contributed by atoms with van der Waals surface area (Å²) < 4.78 is 2.02. The van der Waals surface area contributed by atoms with Gasteiger partial charge in [0.2, 0.25) is 0 Å². The zero-order valence-electron chi connectivity index (χ0n) is 12.2. The molecule has 0 aliphatic heterocycles. The Balaban J connectivity index is 1.47. The first-order chi connectivity index (χ1) is 11.4. The van der Waals surface area contributed by atoms with Crippen LogP contribution in [0.5, 0.6) is 0 Å². The first-order valence-corrected chi connectivity index (χ1v) is 8.16. The number of pyridine rings is 2. The third-order valence-corrected chi connectivity index (χ3v) is 4.35. The Morgan fingerprint density at radius 2 is 1.87 bits per heavy atom. The van der Waals surface area contributed by atoms with Crippen LogP contribution in [0.25, 0.3) is 16.9 Å². The number of fused-ring (bicyclic) bond motifs is 1. The highest BCUT2D eigenvalue weighted by molar-refractivity contribution is 7.98. The van der Waals surface area contributed by atoms with Gasteiger partial charge in [0.15, 0.2) is 0 Å². The van der Waals surface area contributed by atoms with E-state index in [1.165, 1.54) is 0 Å². The summed E-state index contributed by atoms with van der Waals surface area (Å²) in [5, 5.41) is 9.45. The van der Waals surface area contributed by atoms with E-state index in [2.05, 4.69) is 20.2 Å². The second kappa shape index (κ2) is 6.18. The Labute approximate surface area is 137 Å². The first-order valence-electron chi connectivity index (χ1n) is 7.18. The summed E-state index contributed by atoms with van der Waals surface area (Å²) in [5.41, 5.74) is 3.86. The highest BCUT2D eigenvalue weighted by atomic mass is 32.2. The van der Waals surface area contributed by atoms with Gasteiger partial charge in [-0.15, -0.1) is 10.2 Å². The standard InChI is InChI=1S/C17H13N5S/c1-2-10-22-11-14(19-16(22)3-1)12-23-17-5-4-15(20-21-17)13-6-8-18-9-7-13/h1-11H,12H2. The molecule has 0 aromatic carbocycles. The van der Waals surface area contributed by atoms with E-state index in [4.69, 9.17) is 0 Å². The maximum atomic E-state index is 4.58. The average Bonchev–Trinajstić information content (AvgIpc) is 3.04. The molecule has 0 aliphatic carbocycles. The first kappa shape index (κ1) is 13.9. The normalized spacial score (nSPS) is 11.0. The van der Waals surface area contributed by atoms with Crippen molar-refractivity contribution >= 4 is 17.4 Å². The molecule has 0 saturated heterocycles. The zero-order chi connectivity index (χ0) is 15.5. The van der Waals surface area contributed by atoms with Crippen LogP contribution in [-0.2, 0) is 5.75 Å². The Kier molecular flexibility index (Phi) is 3.73. The number of thioether (sulfide) groups is 1. The molecular formula is C17H13N5S. The van der Waals surface area contributed by atoms with Gasteiger partial charge in [-0.25, -0.2) is 4.98 Å². The number of rotatable bonds is 4. The minimum absolute atomic E-state index is 0.769. The average molecular weight is 319 g/mol. The molecule has 0 atom stereocenters. The van der Waals surface area contributed by atoms with Crippen molar-refractivity contribution in [3.05, 3.63) is 72.9 Å². The summed E-state index contributed by atoms with van der Waals surface area (Å²) >= 11 is 1.63. The summed E-state index contributed by atoms with van der Waals surface area (Å²) in [6.45, 7) is 0. The van der Waals surface area contributed by atoms with E-state index >= 15 is 0 Å². The molecular weight excluding hydrogens is 306 g/mol. The molecule has 6 heteroatoms. The second-order valence-corrected chi connectivity index (χ2v) is 5.98. The highest BCUT2D eigenvalue weighted by Crippen LogP contribution is 2.22. The van der Waals surface area contributed by atoms with Gasteiger partial charge in [0.1, 0.15) is 10.7 Å².